The summed E-state index contributed by atoms with van der Waals surface area (Å²) in [6, 6.07) is 38.0. The molecule has 136 valence electrons. The highest BCUT2D eigenvalue weighted by Gasteiger charge is 2.06. The molecule has 0 aliphatic heterocycles. The second kappa shape index (κ2) is 8.41. The Kier molecular flexibility index (Phi) is 5.35. The van der Waals surface area contributed by atoms with Crippen molar-refractivity contribution in [1.29, 1.82) is 0 Å². The summed E-state index contributed by atoms with van der Waals surface area (Å²) < 4.78 is 0. The maximum Gasteiger partial charge on any atom is 0.0384 e. The van der Waals surface area contributed by atoms with Crippen LogP contribution in [-0.2, 0) is 0 Å². The molecule has 0 aliphatic rings. The van der Waals surface area contributed by atoms with E-state index in [4.69, 9.17) is 0 Å². The summed E-state index contributed by atoms with van der Waals surface area (Å²) in [6.07, 6.45) is 2.26. The van der Waals surface area contributed by atoms with Gasteiger partial charge in [0.05, 0.1) is 0 Å². The molecular formula is C27H23N. The number of anilines is 2. The number of benzene rings is 4. The fraction of sp³-hybridized carbons (Fsp3) is 0.0370. The van der Waals surface area contributed by atoms with Gasteiger partial charge in [0.2, 0.25) is 0 Å². The van der Waals surface area contributed by atoms with Gasteiger partial charge in [0, 0.05) is 11.4 Å². The maximum atomic E-state index is 3.43. The van der Waals surface area contributed by atoms with Gasteiger partial charge in [0.1, 0.15) is 0 Å². The Bertz CT molecular complexity index is 1060. The first-order valence-electron chi connectivity index (χ1n) is 9.54. The Morgan fingerprint density at radius 2 is 1.21 bits per heavy atom. The molecule has 1 N–H and O–H groups in total. The van der Waals surface area contributed by atoms with Crippen molar-refractivity contribution in [3.63, 3.8) is 0 Å². The smallest absolute Gasteiger partial charge is 0.0384 e. The summed E-state index contributed by atoms with van der Waals surface area (Å²) in [5, 5.41) is 3.43. The summed E-state index contributed by atoms with van der Waals surface area (Å²) in [6.45, 7) is 2.14. The van der Waals surface area contributed by atoms with Gasteiger partial charge >= 0.3 is 0 Å². The molecule has 1 nitrogen and oxygen atoms in total. The third-order valence-electron chi connectivity index (χ3n) is 4.70. The molecule has 0 fully saturated rings. The fourth-order valence-electron chi connectivity index (χ4n) is 3.28. The highest BCUT2D eigenvalue weighted by molar-refractivity contribution is 5.91. The Hall–Kier alpha value is -3.58. The van der Waals surface area contributed by atoms with E-state index in [0.717, 1.165) is 11.4 Å². The minimum Gasteiger partial charge on any atom is -0.356 e. The van der Waals surface area contributed by atoms with Crippen LogP contribution in [0.25, 0.3) is 11.6 Å². The molecule has 0 amide bonds. The van der Waals surface area contributed by atoms with Crippen molar-refractivity contribution in [2.24, 2.45) is 0 Å². The van der Waals surface area contributed by atoms with Gasteiger partial charge in [-0.3, -0.25) is 0 Å². The summed E-state index contributed by atoms with van der Waals surface area (Å²) in [5.74, 6) is 0. The zero-order chi connectivity index (χ0) is 19.2. The van der Waals surface area contributed by atoms with Gasteiger partial charge in [0.15, 0.2) is 0 Å². The van der Waals surface area contributed by atoms with Gasteiger partial charge < -0.3 is 5.32 Å². The topological polar surface area (TPSA) is 12.0 Å². The van der Waals surface area contributed by atoms with E-state index in [2.05, 4.69) is 109 Å². The number of aryl methyl sites for hydroxylation is 1. The van der Waals surface area contributed by atoms with Crippen molar-refractivity contribution in [2.45, 2.75) is 6.92 Å². The fourth-order valence-corrected chi connectivity index (χ4v) is 3.28. The lowest BCUT2D eigenvalue weighted by molar-refractivity contribution is 1.44. The Morgan fingerprint density at radius 3 is 1.89 bits per heavy atom. The molecule has 0 spiro atoms. The molecule has 0 bridgehead atoms. The monoisotopic (exact) mass is 361 g/mol. The first-order valence-corrected chi connectivity index (χ1v) is 9.54. The predicted molar refractivity (Wildman–Crippen MR) is 121 cm³/mol. The summed E-state index contributed by atoms with van der Waals surface area (Å²) in [4.78, 5) is 0. The highest BCUT2D eigenvalue weighted by Crippen LogP contribution is 2.27. The second-order valence-electron chi connectivity index (χ2n) is 6.91. The zero-order valence-electron chi connectivity index (χ0n) is 16.0. The third kappa shape index (κ3) is 4.39. The quantitative estimate of drug-likeness (QED) is 0.367. The van der Waals surface area contributed by atoms with Crippen LogP contribution in [0.1, 0.15) is 22.3 Å². The van der Waals surface area contributed by atoms with Crippen molar-refractivity contribution in [1.82, 2.24) is 0 Å². The van der Waals surface area contributed by atoms with E-state index in [1.807, 2.05) is 18.2 Å². The minimum absolute atomic E-state index is 1.08. The Labute approximate surface area is 167 Å². The lowest BCUT2D eigenvalue weighted by atomic mass is 9.94. The van der Waals surface area contributed by atoms with E-state index >= 15 is 0 Å². The molecule has 0 aromatic heterocycles. The number of para-hydroxylation sites is 1. The van der Waals surface area contributed by atoms with Gasteiger partial charge in [-0.15, -0.1) is 0 Å². The molecular weight excluding hydrogens is 338 g/mol. The van der Waals surface area contributed by atoms with Crippen molar-refractivity contribution >= 4 is 23.0 Å². The molecule has 0 atom stereocenters. The van der Waals surface area contributed by atoms with Crippen molar-refractivity contribution < 1.29 is 0 Å². The first-order chi connectivity index (χ1) is 13.8. The maximum absolute atomic E-state index is 3.43. The highest BCUT2D eigenvalue weighted by atomic mass is 14.9. The van der Waals surface area contributed by atoms with E-state index in [1.165, 1.54) is 27.8 Å². The average molecular weight is 361 g/mol. The third-order valence-corrected chi connectivity index (χ3v) is 4.70. The number of nitrogens with one attached hydrogen (secondary N) is 1. The molecule has 0 saturated heterocycles. The molecule has 0 aliphatic carbocycles. The van der Waals surface area contributed by atoms with Crippen LogP contribution in [-0.4, -0.2) is 0 Å². The standard InChI is InChI=1S/C27H23N/c1-21-9-8-12-24(19-21)27(23-10-4-2-5-11-23)20-22-15-17-26(18-16-22)28-25-13-6-3-7-14-25/h2-20,28H,1H3/b27-20+. The molecule has 28 heavy (non-hydrogen) atoms. The molecule has 0 heterocycles. The van der Waals surface area contributed by atoms with Gasteiger partial charge in [-0.05, 0) is 59.5 Å². The molecule has 0 radical (unpaired) electrons. The van der Waals surface area contributed by atoms with Crippen LogP contribution in [0.3, 0.4) is 0 Å². The minimum atomic E-state index is 1.08. The van der Waals surface area contributed by atoms with Gasteiger partial charge in [-0.2, -0.15) is 0 Å². The molecule has 0 unspecified atom stereocenters. The van der Waals surface area contributed by atoms with E-state index in [0.29, 0.717) is 0 Å². The molecule has 4 aromatic rings. The number of hydrogen-bond acceptors (Lipinski definition) is 1. The predicted octanol–water partition coefficient (Wildman–Crippen LogP) is 7.33. The van der Waals surface area contributed by atoms with Crippen LogP contribution < -0.4 is 5.32 Å². The van der Waals surface area contributed by atoms with Crippen LogP contribution in [0.4, 0.5) is 11.4 Å². The van der Waals surface area contributed by atoms with Crippen molar-refractivity contribution in [3.8, 4) is 0 Å². The Morgan fingerprint density at radius 1 is 0.607 bits per heavy atom. The van der Waals surface area contributed by atoms with Crippen LogP contribution in [0, 0.1) is 6.92 Å². The lowest BCUT2D eigenvalue weighted by Gasteiger charge is -2.11. The van der Waals surface area contributed by atoms with Crippen LogP contribution >= 0.6 is 0 Å². The first kappa shape index (κ1) is 17.8. The van der Waals surface area contributed by atoms with Gasteiger partial charge in [0.25, 0.3) is 0 Å². The SMILES string of the molecule is Cc1cccc(/C(=C/c2ccc(Nc3ccccc3)cc2)c2ccccc2)c1. The second-order valence-corrected chi connectivity index (χ2v) is 6.91. The van der Waals surface area contributed by atoms with E-state index < -0.39 is 0 Å². The largest absolute Gasteiger partial charge is 0.356 e. The summed E-state index contributed by atoms with van der Waals surface area (Å²) >= 11 is 0. The summed E-state index contributed by atoms with van der Waals surface area (Å²) in [5.41, 5.74) is 8.31. The molecule has 0 saturated carbocycles. The van der Waals surface area contributed by atoms with Crippen LogP contribution in [0.5, 0.6) is 0 Å². The average Bonchev–Trinajstić information content (AvgIpc) is 2.74. The number of hydrogen-bond donors (Lipinski definition) is 1. The number of rotatable bonds is 5. The van der Waals surface area contributed by atoms with Crippen molar-refractivity contribution in [3.05, 3.63) is 131 Å². The van der Waals surface area contributed by atoms with Crippen molar-refractivity contribution in [2.75, 3.05) is 5.32 Å². The molecule has 4 aromatic carbocycles. The van der Waals surface area contributed by atoms with E-state index in [9.17, 15) is 0 Å². The van der Waals surface area contributed by atoms with Gasteiger partial charge in [-0.25, -0.2) is 0 Å². The Balaban J connectivity index is 1.66. The van der Waals surface area contributed by atoms with E-state index in [-0.39, 0.29) is 0 Å². The normalized spacial score (nSPS) is 11.2. The summed E-state index contributed by atoms with van der Waals surface area (Å²) in [7, 11) is 0. The lowest BCUT2D eigenvalue weighted by Crippen LogP contribution is -1.91. The van der Waals surface area contributed by atoms with Crippen LogP contribution in [0.15, 0.2) is 109 Å². The molecule has 4 rings (SSSR count). The van der Waals surface area contributed by atoms with Crippen LogP contribution in [0.2, 0.25) is 0 Å². The zero-order valence-corrected chi connectivity index (χ0v) is 16.0. The van der Waals surface area contributed by atoms with Gasteiger partial charge in [-0.1, -0.05) is 90.5 Å². The molecule has 1 heteroatoms. The van der Waals surface area contributed by atoms with E-state index in [1.54, 1.807) is 0 Å².